The predicted molar refractivity (Wildman–Crippen MR) is 108 cm³/mol. The highest BCUT2D eigenvalue weighted by Crippen LogP contribution is 2.50. The second kappa shape index (κ2) is 7.00. The van der Waals surface area contributed by atoms with E-state index in [0.29, 0.717) is 16.7 Å². The second-order valence-electron chi connectivity index (χ2n) is 10.7. The molecule has 5 unspecified atom stereocenters. The number of fused-ring (bicyclic) bond motifs is 2. The monoisotopic (exact) mass is 330 g/mol. The maximum Gasteiger partial charge on any atom is -0.0137 e. The van der Waals surface area contributed by atoms with Crippen LogP contribution in [0.4, 0.5) is 0 Å². The molecule has 0 heterocycles. The highest BCUT2D eigenvalue weighted by atomic mass is 14.4. The van der Waals surface area contributed by atoms with Crippen LogP contribution in [0.2, 0.25) is 0 Å². The van der Waals surface area contributed by atoms with Crippen molar-refractivity contribution in [1.82, 2.24) is 0 Å². The second-order valence-corrected chi connectivity index (χ2v) is 10.7. The number of hydrogen-bond acceptors (Lipinski definition) is 0. The summed E-state index contributed by atoms with van der Waals surface area (Å²) in [6.45, 7) is 26.3. The van der Waals surface area contributed by atoms with Gasteiger partial charge in [-0.05, 0) is 84.5 Å². The van der Waals surface area contributed by atoms with E-state index < -0.39 is 0 Å². The zero-order valence-electron chi connectivity index (χ0n) is 17.5. The molecule has 2 bridgehead atoms. The van der Waals surface area contributed by atoms with E-state index in [4.69, 9.17) is 0 Å². The molecule has 24 heavy (non-hydrogen) atoms. The lowest BCUT2D eigenvalue weighted by Gasteiger charge is -2.45. The van der Waals surface area contributed by atoms with Crippen LogP contribution >= 0.6 is 0 Å². The molecule has 0 aromatic carbocycles. The smallest absolute Gasteiger partial charge is 0.0137 e. The maximum atomic E-state index is 4.45. The minimum atomic E-state index is 0.423. The molecule has 0 aromatic heterocycles. The van der Waals surface area contributed by atoms with Gasteiger partial charge in [0.1, 0.15) is 0 Å². The molecule has 0 aliphatic heterocycles. The third-order valence-electron chi connectivity index (χ3n) is 8.43. The Balaban J connectivity index is 2.33. The van der Waals surface area contributed by atoms with Gasteiger partial charge in [-0.15, -0.1) is 0 Å². The van der Waals surface area contributed by atoms with Crippen molar-refractivity contribution in [1.29, 1.82) is 0 Å². The Morgan fingerprint density at radius 3 is 2.00 bits per heavy atom. The predicted octanol–water partition coefficient (Wildman–Crippen LogP) is 7.66. The Hall–Kier alpha value is -0.520. The first kappa shape index (κ1) is 19.8. The van der Waals surface area contributed by atoms with Crippen LogP contribution < -0.4 is 0 Å². The summed E-state index contributed by atoms with van der Waals surface area (Å²) in [6, 6.07) is 0. The fourth-order valence-corrected chi connectivity index (χ4v) is 5.05. The fraction of sp³-hybridized carbons (Fsp3) is 0.833. The molecule has 0 aromatic rings. The number of rotatable bonds is 0. The highest BCUT2D eigenvalue weighted by Gasteiger charge is 2.39. The van der Waals surface area contributed by atoms with Gasteiger partial charge in [-0.3, -0.25) is 0 Å². The molecule has 2 fully saturated rings. The lowest BCUT2D eigenvalue weighted by molar-refractivity contribution is 0.0890. The summed E-state index contributed by atoms with van der Waals surface area (Å²) in [5, 5.41) is 0. The van der Waals surface area contributed by atoms with E-state index in [1.807, 2.05) is 0 Å². The zero-order chi connectivity index (χ0) is 18.3. The molecule has 5 atom stereocenters. The van der Waals surface area contributed by atoms with Crippen LogP contribution in [0.25, 0.3) is 0 Å². The quantitative estimate of drug-likeness (QED) is 0.427. The van der Waals surface area contributed by atoms with Crippen LogP contribution in [0.3, 0.4) is 0 Å². The van der Waals surface area contributed by atoms with Crippen molar-refractivity contribution in [3.8, 4) is 0 Å². The van der Waals surface area contributed by atoms with Crippen molar-refractivity contribution in [2.24, 2.45) is 40.4 Å². The molecule has 0 N–H and O–H groups in total. The lowest BCUT2D eigenvalue weighted by atomic mass is 9.60. The molecule has 2 aliphatic carbocycles. The third-order valence-corrected chi connectivity index (χ3v) is 8.43. The first-order chi connectivity index (χ1) is 11.0. The van der Waals surface area contributed by atoms with Crippen LogP contribution in [0.15, 0.2) is 24.3 Å². The SMILES string of the molecule is C=C1CC2CC(C)C(C)(C)CCC(C)C(C)(C)CCC(C1=C)C2C. The minimum Gasteiger partial charge on any atom is -0.0956 e. The summed E-state index contributed by atoms with van der Waals surface area (Å²) in [7, 11) is 0. The first-order valence-electron chi connectivity index (χ1n) is 10.3. The summed E-state index contributed by atoms with van der Waals surface area (Å²) in [6.07, 6.45) is 7.87. The van der Waals surface area contributed by atoms with Gasteiger partial charge in [0.2, 0.25) is 0 Å². The normalized spacial score (nSPS) is 40.5. The molecular weight excluding hydrogens is 288 g/mol. The van der Waals surface area contributed by atoms with Crippen molar-refractivity contribution in [3.63, 3.8) is 0 Å². The fourth-order valence-electron chi connectivity index (χ4n) is 5.05. The topological polar surface area (TPSA) is 0 Å². The van der Waals surface area contributed by atoms with E-state index in [2.05, 4.69) is 61.6 Å². The summed E-state index contributed by atoms with van der Waals surface area (Å²) >= 11 is 0. The molecule has 0 spiro atoms. The highest BCUT2D eigenvalue weighted by molar-refractivity contribution is 5.31. The molecule has 0 heteroatoms. The van der Waals surface area contributed by atoms with E-state index in [-0.39, 0.29) is 0 Å². The Morgan fingerprint density at radius 1 is 0.833 bits per heavy atom. The van der Waals surface area contributed by atoms with Crippen LogP contribution in [0, 0.1) is 40.4 Å². The number of hydrogen-bond donors (Lipinski definition) is 0. The summed E-state index contributed by atoms with van der Waals surface area (Å²) in [5.74, 6) is 3.76. The van der Waals surface area contributed by atoms with Gasteiger partial charge in [-0.1, -0.05) is 67.2 Å². The summed E-state index contributed by atoms with van der Waals surface area (Å²) in [4.78, 5) is 0. The lowest BCUT2D eigenvalue weighted by Crippen LogP contribution is -2.35. The van der Waals surface area contributed by atoms with E-state index >= 15 is 0 Å². The van der Waals surface area contributed by atoms with Gasteiger partial charge in [-0.2, -0.15) is 0 Å². The van der Waals surface area contributed by atoms with E-state index in [1.54, 1.807) is 0 Å². The van der Waals surface area contributed by atoms with Crippen molar-refractivity contribution in [2.75, 3.05) is 0 Å². The average molecular weight is 331 g/mol. The zero-order valence-corrected chi connectivity index (χ0v) is 17.5. The van der Waals surface area contributed by atoms with Crippen LogP contribution in [-0.2, 0) is 0 Å². The van der Waals surface area contributed by atoms with Crippen molar-refractivity contribution in [2.45, 2.75) is 87.0 Å². The summed E-state index contributed by atoms with van der Waals surface area (Å²) < 4.78 is 0. The van der Waals surface area contributed by atoms with Crippen molar-refractivity contribution >= 4 is 0 Å². The van der Waals surface area contributed by atoms with Gasteiger partial charge in [0.05, 0.1) is 0 Å². The standard InChI is InChI=1S/C24H42/c1-16-14-21-15-18(3)24(8,9)12-10-17(2)23(6,7)13-11-22(19(16)4)20(21)5/h17-18,20-22H,1,4,10-15H2,2-3,5-9H3. The molecule has 2 rings (SSSR count). The van der Waals surface area contributed by atoms with Gasteiger partial charge >= 0.3 is 0 Å². The molecule has 2 saturated carbocycles. The van der Waals surface area contributed by atoms with Crippen LogP contribution in [0.1, 0.15) is 87.0 Å². The van der Waals surface area contributed by atoms with Gasteiger partial charge < -0.3 is 0 Å². The minimum absolute atomic E-state index is 0.423. The van der Waals surface area contributed by atoms with E-state index in [9.17, 15) is 0 Å². The van der Waals surface area contributed by atoms with Crippen molar-refractivity contribution in [3.05, 3.63) is 24.3 Å². The first-order valence-corrected chi connectivity index (χ1v) is 10.3. The third kappa shape index (κ3) is 4.00. The molecule has 0 nitrogen and oxygen atoms in total. The molecule has 0 radical (unpaired) electrons. The Bertz CT molecular complexity index is 478. The number of allylic oxidation sites excluding steroid dienone is 2. The molecular formula is C24H42. The van der Waals surface area contributed by atoms with Gasteiger partial charge in [-0.25, -0.2) is 0 Å². The maximum absolute atomic E-state index is 4.45. The Labute approximate surface area is 152 Å². The van der Waals surface area contributed by atoms with Crippen LogP contribution in [-0.4, -0.2) is 0 Å². The molecule has 0 amide bonds. The summed E-state index contributed by atoms with van der Waals surface area (Å²) in [5.41, 5.74) is 3.57. The van der Waals surface area contributed by atoms with Crippen LogP contribution in [0.5, 0.6) is 0 Å². The van der Waals surface area contributed by atoms with E-state index in [1.165, 1.54) is 49.7 Å². The Morgan fingerprint density at radius 2 is 1.38 bits per heavy atom. The largest absolute Gasteiger partial charge is 0.0956 e. The molecule has 0 saturated heterocycles. The van der Waals surface area contributed by atoms with Gasteiger partial charge in [0.15, 0.2) is 0 Å². The van der Waals surface area contributed by atoms with Gasteiger partial charge in [0.25, 0.3) is 0 Å². The van der Waals surface area contributed by atoms with Gasteiger partial charge in [0, 0.05) is 0 Å². The van der Waals surface area contributed by atoms with Crippen molar-refractivity contribution < 1.29 is 0 Å². The Kier molecular flexibility index (Phi) is 5.78. The molecule has 2 aliphatic rings. The average Bonchev–Trinajstić information content (AvgIpc) is 2.49. The molecule has 138 valence electrons. The van der Waals surface area contributed by atoms with E-state index in [0.717, 1.165) is 23.7 Å².